The van der Waals surface area contributed by atoms with E-state index in [1.54, 1.807) is 15.8 Å². The number of nitrogens with zero attached hydrogens (tertiary/aromatic N) is 4. The van der Waals surface area contributed by atoms with Crippen molar-refractivity contribution >= 4 is 28.5 Å². The van der Waals surface area contributed by atoms with E-state index in [1.807, 2.05) is 51.1 Å². The molecule has 1 aliphatic rings. The summed E-state index contributed by atoms with van der Waals surface area (Å²) < 4.78 is 7.47. The number of carbonyl (C=O) groups is 1. The summed E-state index contributed by atoms with van der Waals surface area (Å²) >= 11 is 6.66. The number of aryl methyl sites for hydroxylation is 1. The van der Waals surface area contributed by atoms with Crippen LogP contribution in [0.25, 0.3) is 16.7 Å². The van der Waals surface area contributed by atoms with E-state index in [2.05, 4.69) is 10.1 Å². The minimum Gasteiger partial charge on any atom is -0.372 e. The molecule has 1 amide bonds. The molecule has 0 unspecified atom stereocenters. The maximum absolute atomic E-state index is 13.1. The molecule has 0 spiro atoms. The van der Waals surface area contributed by atoms with Crippen LogP contribution in [0, 0.1) is 6.92 Å². The first-order valence-electron chi connectivity index (χ1n) is 8.99. The molecule has 3 heterocycles. The third kappa shape index (κ3) is 3.19. The normalized spacial score (nSPS) is 20.2. The van der Waals surface area contributed by atoms with Crippen molar-refractivity contribution in [3.8, 4) is 5.69 Å². The number of hydrogen-bond donors (Lipinski definition) is 0. The highest BCUT2D eigenvalue weighted by Gasteiger charge is 2.29. The molecule has 0 N–H and O–H groups in total. The summed E-state index contributed by atoms with van der Waals surface area (Å²) in [5.74, 6) is -0.122. The number of pyridine rings is 1. The number of aromatic nitrogens is 3. The summed E-state index contributed by atoms with van der Waals surface area (Å²) in [5.41, 5.74) is 2.68. The highest BCUT2D eigenvalue weighted by Crippen LogP contribution is 2.31. The molecule has 0 saturated carbocycles. The molecule has 6 nitrogen and oxygen atoms in total. The molecule has 2 aromatic heterocycles. The first kappa shape index (κ1) is 17.9. The molecule has 1 fully saturated rings. The lowest BCUT2D eigenvalue weighted by Crippen LogP contribution is -2.48. The summed E-state index contributed by atoms with van der Waals surface area (Å²) in [6, 6.07) is 9.74. The van der Waals surface area contributed by atoms with Crippen molar-refractivity contribution in [2.24, 2.45) is 0 Å². The molecule has 1 aromatic carbocycles. The van der Waals surface area contributed by atoms with Gasteiger partial charge in [-0.15, -0.1) is 0 Å². The summed E-state index contributed by atoms with van der Waals surface area (Å²) in [7, 11) is 0. The number of benzene rings is 1. The second-order valence-corrected chi connectivity index (χ2v) is 7.36. The van der Waals surface area contributed by atoms with Crippen molar-refractivity contribution in [3.05, 3.63) is 52.8 Å². The molecule has 1 saturated heterocycles. The lowest BCUT2D eigenvalue weighted by atomic mass is 10.1. The van der Waals surface area contributed by atoms with Crippen LogP contribution in [0.1, 0.15) is 29.9 Å². The van der Waals surface area contributed by atoms with Gasteiger partial charge in [0, 0.05) is 19.3 Å². The molecule has 2 atom stereocenters. The molecule has 0 aliphatic carbocycles. The van der Waals surface area contributed by atoms with Gasteiger partial charge in [0.15, 0.2) is 5.65 Å². The van der Waals surface area contributed by atoms with Gasteiger partial charge in [0.25, 0.3) is 5.91 Å². The number of fused-ring (bicyclic) bond motifs is 1. The average Bonchev–Trinajstić information content (AvgIpc) is 2.99. The lowest BCUT2D eigenvalue weighted by Gasteiger charge is -2.35. The van der Waals surface area contributed by atoms with Gasteiger partial charge < -0.3 is 9.64 Å². The standard InChI is InChI=1S/C20H21ClN4O2/c1-12-10-24(11-13(2)27-12)20(26)16-9-22-19-17(18(16)21)14(3)23-25(19)15-7-5-4-6-8-15/h4-9,12-13H,10-11H2,1-3H3/t12-,13+. The van der Waals surface area contributed by atoms with Gasteiger partial charge in [-0.1, -0.05) is 29.8 Å². The van der Waals surface area contributed by atoms with E-state index in [9.17, 15) is 4.79 Å². The minimum atomic E-state index is -0.122. The van der Waals surface area contributed by atoms with Crippen LogP contribution in [0.15, 0.2) is 36.5 Å². The van der Waals surface area contributed by atoms with Crippen LogP contribution >= 0.6 is 11.6 Å². The zero-order valence-electron chi connectivity index (χ0n) is 15.5. The first-order valence-corrected chi connectivity index (χ1v) is 9.37. The monoisotopic (exact) mass is 384 g/mol. The number of halogens is 1. The van der Waals surface area contributed by atoms with Gasteiger partial charge in [0.05, 0.1) is 39.6 Å². The van der Waals surface area contributed by atoms with Crippen molar-refractivity contribution in [3.63, 3.8) is 0 Å². The molecule has 7 heteroatoms. The Morgan fingerprint density at radius 3 is 2.52 bits per heavy atom. The Hall–Kier alpha value is -2.44. The fourth-order valence-corrected chi connectivity index (χ4v) is 3.97. The van der Waals surface area contributed by atoms with E-state index in [4.69, 9.17) is 16.3 Å². The second-order valence-electron chi connectivity index (χ2n) is 6.98. The molecule has 140 valence electrons. The number of amides is 1. The zero-order chi connectivity index (χ0) is 19.1. The molecule has 1 aliphatic heterocycles. The molecular weight excluding hydrogens is 364 g/mol. The number of hydrogen-bond acceptors (Lipinski definition) is 4. The van der Waals surface area contributed by atoms with Crippen molar-refractivity contribution in [2.75, 3.05) is 13.1 Å². The maximum Gasteiger partial charge on any atom is 0.257 e. The number of ether oxygens (including phenoxy) is 1. The number of morpholine rings is 1. The van der Waals surface area contributed by atoms with Gasteiger partial charge in [0.1, 0.15) is 0 Å². The van der Waals surface area contributed by atoms with Crippen molar-refractivity contribution in [2.45, 2.75) is 33.0 Å². The Kier molecular flexibility index (Phi) is 4.61. The number of carbonyl (C=O) groups excluding carboxylic acids is 1. The summed E-state index contributed by atoms with van der Waals surface area (Å²) in [6.45, 7) is 6.89. The van der Waals surface area contributed by atoms with Crippen molar-refractivity contribution in [1.82, 2.24) is 19.7 Å². The first-order chi connectivity index (χ1) is 13.0. The van der Waals surface area contributed by atoms with Gasteiger partial charge in [-0.25, -0.2) is 9.67 Å². The molecule has 27 heavy (non-hydrogen) atoms. The minimum absolute atomic E-state index is 0.00395. The van der Waals surface area contributed by atoms with E-state index in [1.165, 1.54) is 0 Å². The highest BCUT2D eigenvalue weighted by molar-refractivity contribution is 6.38. The molecule has 0 bridgehead atoms. The molecule has 3 aromatic rings. The van der Waals surface area contributed by atoms with Crippen LogP contribution in [0.2, 0.25) is 5.02 Å². The van der Waals surface area contributed by atoms with E-state index < -0.39 is 0 Å². The van der Waals surface area contributed by atoms with Crippen LogP contribution in [-0.4, -0.2) is 50.9 Å². The van der Waals surface area contributed by atoms with Crippen molar-refractivity contribution < 1.29 is 9.53 Å². The Morgan fingerprint density at radius 2 is 1.85 bits per heavy atom. The van der Waals surface area contributed by atoms with Gasteiger partial charge in [-0.05, 0) is 32.9 Å². The van der Waals surface area contributed by atoms with E-state index in [0.29, 0.717) is 34.7 Å². The number of rotatable bonds is 2. The third-order valence-corrected chi connectivity index (χ3v) is 5.14. The molecule has 4 rings (SSSR count). The Bertz CT molecular complexity index is 992. The van der Waals surface area contributed by atoms with Crippen LogP contribution < -0.4 is 0 Å². The predicted molar refractivity (Wildman–Crippen MR) is 105 cm³/mol. The smallest absolute Gasteiger partial charge is 0.257 e. The van der Waals surface area contributed by atoms with E-state index >= 15 is 0 Å². The largest absolute Gasteiger partial charge is 0.372 e. The Labute approximate surface area is 162 Å². The number of para-hydroxylation sites is 1. The maximum atomic E-state index is 13.1. The van der Waals surface area contributed by atoms with E-state index in [0.717, 1.165) is 11.4 Å². The van der Waals surface area contributed by atoms with Gasteiger partial charge in [-0.2, -0.15) is 5.10 Å². The fourth-order valence-electron chi connectivity index (χ4n) is 3.62. The van der Waals surface area contributed by atoms with Gasteiger partial charge in [-0.3, -0.25) is 4.79 Å². The van der Waals surface area contributed by atoms with Gasteiger partial charge in [0.2, 0.25) is 0 Å². The Balaban J connectivity index is 1.77. The van der Waals surface area contributed by atoms with E-state index in [-0.39, 0.29) is 18.1 Å². The fraction of sp³-hybridized carbons (Fsp3) is 0.350. The second kappa shape index (κ2) is 6.94. The van der Waals surface area contributed by atoms with Crippen LogP contribution in [0.3, 0.4) is 0 Å². The lowest BCUT2D eigenvalue weighted by molar-refractivity contribution is -0.0586. The summed E-state index contributed by atoms with van der Waals surface area (Å²) in [5, 5.41) is 5.69. The third-order valence-electron chi connectivity index (χ3n) is 4.75. The van der Waals surface area contributed by atoms with Crippen LogP contribution in [0.5, 0.6) is 0 Å². The van der Waals surface area contributed by atoms with Gasteiger partial charge >= 0.3 is 0 Å². The molecular formula is C20H21ClN4O2. The Morgan fingerprint density at radius 1 is 1.19 bits per heavy atom. The average molecular weight is 385 g/mol. The summed E-state index contributed by atoms with van der Waals surface area (Å²) in [4.78, 5) is 19.4. The zero-order valence-corrected chi connectivity index (χ0v) is 16.3. The quantitative estimate of drug-likeness (QED) is 0.677. The highest BCUT2D eigenvalue weighted by atomic mass is 35.5. The van der Waals surface area contributed by atoms with Crippen LogP contribution in [0.4, 0.5) is 0 Å². The summed E-state index contributed by atoms with van der Waals surface area (Å²) in [6.07, 6.45) is 1.55. The molecule has 0 radical (unpaired) electrons. The predicted octanol–water partition coefficient (Wildman–Crippen LogP) is 3.63. The SMILES string of the molecule is Cc1nn(-c2ccccc2)c2ncc(C(=O)N3C[C@@H](C)O[C@@H](C)C3)c(Cl)c12. The topological polar surface area (TPSA) is 60.2 Å². The van der Waals surface area contributed by atoms with Crippen molar-refractivity contribution in [1.29, 1.82) is 0 Å². The van der Waals surface area contributed by atoms with Crippen LogP contribution in [-0.2, 0) is 4.74 Å².